The van der Waals surface area contributed by atoms with E-state index in [2.05, 4.69) is 10.3 Å². The lowest BCUT2D eigenvalue weighted by molar-refractivity contribution is 0.173. The number of nitrogens with zero attached hydrogens (tertiary/aromatic N) is 1. The Balaban J connectivity index is 0.00000210. The van der Waals surface area contributed by atoms with Gasteiger partial charge < -0.3 is 30.0 Å². The molecular weight excluding hydrogens is 461 g/mol. The molecule has 2 aromatic carbocycles. The zero-order valence-corrected chi connectivity index (χ0v) is 17.1. The fraction of sp³-hybridized carbons (Fsp3) is 0.316. The SMILES string of the molecule is I.NC(=NCCOc1ccc2c(c1)OCO2)NC1CCOc2ccccc21. The number of nitrogens with one attached hydrogen (secondary N) is 1. The molecule has 0 aliphatic carbocycles. The summed E-state index contributed by atoms with van der Waals surface area (Å²) in [4.78, 5) is 4.34. The number of halogens is 1. The summed E-state index contributed by atoms with van der Waals surface area (Å²) < 4.78 is 21.9. The number of para-hydroxylation sites is 1. The standard InChI is InChI=1S/C19H21N3O4.HI/c20-19(22-15-7-9-24-16-4-2-1-3-14(15)16)21-8-10-23-13-5-6-17-18(11-13)26-12-25-17;/h1-6,11,15H,7-10,12H2,(H3,20,21,22);1H. The molecule has 0 bridgehead atoms. The second-order valence-electron chi connectivity index (χ2n) is 6.00. The average Bonchev–Trinajstić information content (AvgIpc) is 3.13. The van der Waals surface area contributed by atoms with Crippen molar-refractivity contribution in [2.45, 2.75) is 12.5 Å². The summed E-state index contributed by atoms with van der Waals surface area (Å²) in [6, 6.07) is 13.6. The van der Waals surface area contributed by atoms with Gasteiger partial charge in [0.2, 0.25) is 6.79 Å². The predicted octanol–water partition coefficient (Wildman–Crippen LogP) is 2.84. The zero-order chi connectivity index (χ0) is 17.8. The van der Waals surface area contributed by atoms with E-state index < -0.39 is 0 Å². The summed E-state index contributed by atoms with van der Waals surface area (Å²) in [5.41, 5.74) is 7.13. The third kappa shape index (κ3) is 4.68. The highest BCUT2D eigenvalue weighted by Gasteiger charge is 2.21. The van der Waals surface area contributed by atoms with Crippen LogP contribution in [0, 0.1) is 0 Å². The molecule has 3 N–H and O–H groups in total. The maximum absolute atomic E-state index is 6.02. The van der Waals surface area contributed by atoms with E-state index in [0.717, 1.165) is 23.5 Å². The van der Waals surface area contributed by atoms with Gasteiger partial charge in [0.15, 0.2) is 17.5 Å². The van der Waals surface area contributed by atoms with E-state index >= 15 is 0 Å². The summed E-state index contributed by atoms with van der Waals surface area (Å²) in [6.45, 7) is 1.79. The first-order valence-corrected chi connectivity index (χ1v) is 8.60. The van der Waals surface area contributed by atoms with Crippen LogP contribution >= 0.6 is 24.0 Å². The Labute approximate surface area is 174 Å². The van der Waals surface area contributed by atoms with Crippen molar-refractivity contribution in [1.29, 1.82) is 0 Å². The largest absolute Gasteiger partial charge is 0.493 e. The van der Waals surface area contributed by atoms with E-state index in [1.54, 1.807) is 0 Å². The highest BCUT2D eigenvalue weighted by atomic mass is 127. The number of hydrogen-bond acceptors (Lipinski definition) is 5. The first kappa shape index (κ1) is 19.4. The highest BCUT2D eigenvalue weighted by molar-refractivity contribution is 14.0. The van der Waals surface area contributed by atoms with Gasteiger partial charge in [0.1, 0.15) is 18.1 Å². The molecule has 0 saturated carbocycles. The Hall–Kier alpha value is -2.36. The van der Waals surface area contributed by atoms with Crippen LogP contribution in [0.15, 0.2) is 47.5 Å². The van der Waals surface area contributed by atoms with Crippen molar-refractivity contribution in [1.82, 2.24) is 5.32 Å². The number of benzene rings is 2. The molecule has 0 spiro atoms. The molecule has 27 heavy (non-hydrogen) atoms. The topological polar surface area (TPSA) is 87.3 Å². The van der Waals surface area contributed by atoms with Gasteiger partial charge in [-0.25, -0.2) is 4.99 Å². The van der Waals surface area contributed by atoms with Crippen LogP contribution in [0.1, 0.15) is 18.0 Å². The summed E-state index contributed by atoms with van der Waals surface area (Å²) >= 11 is 0. The molecule has 0 amide bonds. The van der Waals surface area contributed by atoms with Crippen molar-refractivity contribution in [3.8, 4) is 23.0 Å². The Morgan fingerprint density at radius 2 is 1.96 bits per heavy atom. The third-order valence-corrected chi connectivity index (χ3v) is 4.27. The van der Waals surface area contributed by atoms with E-state index in [-0.39, 0.29) is 36.8 Å². The molecule has 0 aromatic heterocycles. The molecular formula is C19H22IN3O4. The van der Waals surface area contributed by atoms with Gasteiger partial charge >= 0.3 is 0 Å². The molecule has 144 valence electrons. The quantitative estimate of drug-likeness (QED) is 0.295. The van der Waals surface area contributed by atoms with Gasteiger partial charge in [-0.3, -0.25) is 0 Å². The summed E-state index contributed by atoms with van der Waals surface area (Å²) in [5.74, 6) is 3.46. The molecule has 0 radical (unpaired) electrons. The van der Waals surface area contributed by atoms with Crippen molar-refractivity contribution >= 4 is 29.9 Å². The number of rotatable bonds is 5. The molecule has 2 heterocycles. The molecule has 2 aliphatic heterocycles. The molecule has 0 saturated heterocycles. The van der Waals surface area contributed by atoms with Crippen molar-refractivity contribution in [3.63, 3.8) is 0 Å². The van der Waals surface area contributed by atoms with Crippen molar-refractivity contribution in [2.75, 3.05) is 26.6 Å². The molecule has 8 heteroatoms. The van der Waals surface area contributed by atoms with Gasteiger partial charge in [0.25, 0.3) is 0 Å². The minimum Gasteiger partial charge on any atom is -0.493 e. The normalized spacial score (nSPS) is 17.3. The van der Waals surface area contributed by atoms with Gasteiger partial charge in [-0.1, -0.05) is 18.2 Å². The third-order valence-electron chi connectivity index (χ3n) is 4.27. The van der Waals surface area contributed by atoms with Crippen LogP contribution in [0.3, 0.4) is 0 Å². The smallest absolute Gasteiger partial charge is 0.231 e. The monoisotopic (exact) mass is 483 g/mol. The van der Waals surface area contributed by atoms with Gasteiger partial charge in [-0.15, -0.1) is 24.0 Å². The molecule has 7 nitrogen and oxygen atoms in total. The Morgan fingerprint density at radius 1 is 1.11 bits per heavy atom. The minimum atomic E-state index is 0. The van der Waals surface area contributed by atoms with E-state index in [9.17, 15) is 0 Å². The summed E-state index contributed by atoms with van der Waals surface area (Å²) in [6.07, 6.45) is 0.848. The van der Waals surface area contributed by atoms with Gasteiger partial charge in [-0.05, 0) is 18.2 Å². The van der Waals surface area contributed by atoms with E-state index in [1.807, 2.05) is 42.5 Å². The van der Waals surface area contributed by atoms with E-state index in [4.69, 9.17) is 24.7 Å². The fourth-order valence-corrected chi connectivity index (χ4v) is 3.01. The van der Waals surface area contributed by atoms with Crippen molar-refractivity contribution in [3.05, 3.63) is 48.0 Å². The van der Waals surface area contributed by atoms with E-state index in [0.29, 0.717) is 37.2 Å². The number of guanidine groups is 1. The number of ether oxygens (including phenoxy) is 4. The first-order chi connectivity index (χ1) is 12.8. The lowest BCUT2D eigenvalue weighted by Crippen LogP contribution is -2.37. The van der Waals surface area contributed by atoms with Crippen molar-refractivity contribution in [2.24, 2.45) is 10.7 Å². The zero-order valence-electron chi connectivity index (χ0n) is 14.7. The second kappa shape index (κ2) is 9.03. The lowest BCUT2D eigenvalue weighted by atomic mass is 10.0. The number of hydrogen-bond donors (Lipinski definition) is 2. The van der Waals surface area contributed by atoms with Gasteiger partial charge in [-0.2, -0.15) is 0 Å². The lowest BCUT2D eigenvalue weighted by Gasteiger charge is -2.26. The van der Waals surface area contributed by atoms with Crippen LogP contribution in [0.2, 0.25) is 0 Å². The van der Waals surface area contributed by atoms with Crippen LogP contribution in [-0.2, 0) is 0 Å². The first-order valence-electron chi connectivity index (χ1n) is 8.60. The van der Waals surface area contributed by atoms with Crippen LogP contribution in [0.4, 0.5) is 0 Å². The minimum absolute atomic E-state index is 0. The van der Waals surface area contributed by atoms with Gasteiger partial charge in [0, 0.05) is 18.1 Å². The van der Waals surface area contributed by atoms with Crippen LogP contribution in [0.5, 0.6) is 23.0 Å². The number of fused-ring (bicyclic) bond motifs is 2. The molecule has 2 aromatic rings. The fourth-order valence-electron chi connectivity index (χ4n) is 3.01. The number of nitrogens with two attached hydrogens (primary N) is 1. The Kier molecular flexibility index (Phi) is 6.49. The Morgan fingerprint density at radius 3 is 2.89 bits per heavy atom. The molecule has 1 atom stereocenters. The molecule has 4 rings (SSSR count). The molecule has 0 fully saturated rings. The maximum Gasteiger partial charge on any atom is 0.231 e. The van der Waals surface area contributed by atoms with Gasteiger partial charge in [0.05, 0.1) is 19.2 Å². The highest BCUT2D eigenvalue weighted by Crippen LogP contribution is 2.35. The van der Waals surface area contributed by atoms with Crippen LogP contribution < -0.4 is 30.0 Å². The molecule has 1 unspecified atom stereocenters. The summed E-state index contributed by atoms with van der Waals surface area (Å²) in [5, 5.41) is 3.26. The van der Waals surface area contributed by atoms with Crippen molar-refractivity contribution < 1.29 is 18.9 Å². The Bertz CT molecular complexity index is 815. The average molecular weight is 483 g/mol. The molecule has 2 aliphatic rings. The summed E-state index contributed by atoms with van der Waals surface area (Å²) in [7, 11) is 0. The van der Waals surface area contributed by atoms with Crippen LogP contribution in [-0.4, -0.2) is 32.5 Å². The van der Waals surface area contributed by atoms with Crippen LogP contribution in [0.25, 0.3) is 0 Å². The predicted molar refractivity (Wildman–Crippen MR) is 112 cm³/mol. The van der Waals surface area contributed by atoms with E-state index in [1.165, 1.54) is 0 Å². The second-order valence-corrected chi connectivity index (χ2v) is 6.00. The maximum atomic E-state index is 6.02. The number of aliphatic imine (C=N–C) groups is 1.